The molecule has 1 fully saturated rings. The van der Waals surface area contributed by atoms with Crippen molar-refractivity contribution in [1.29, 1.82) is 0 Å². The smallest absolute Gasteiger partial charge is 0.343 e. The van der Waals surface area contributed by atoms with Crippen molar-refractivity contribution >= 4 is 29.5 Å². The Kier molecular flexibility index (Phi) is 5.97. The van der Waals surface area contributed by atoms with Crippen LogP contribution in [0.5, 0.6) is 5.75 Å². The number of amides is 2. The maximum atomic E-state index is 12.5. The fourth-order valence-corrected chi connectivity index (χ4v) is 3.68. The Hall–Kier alpha value is -3.00. The van der Waals surface area contributed by atoms with Crippen molar-refractivity contribution in [1.82, 2.24) is 10.4 Å². The normalized spacial score (nSPS) is 16.1. The number of esters is 1. The zero-order chi connectivity index (χ0) is 19.2. The van der Waals surface area contributed by atoms with Crippen LogP contribution in [-0.2, 0) is 14.3 Å². The van der Waals surface area contributed by atoms with E-state index in [1.807, 2.05) is 6.07 Å². The van der Waals surface area contributed by atoms with Gasteiger partial charge in [-0.25, -0.2) is 9.80 Å². The Morgan fingerprint density at radius 1 is 1.15 bits per heavy atom. The van der Waals surface area contributed by atoms with E-state index in [1.165, 1.54) is 23.9 Å². The summed E-state index contributed by atoms with van der Waals surface area (Å²) in [7, 11) is 1.28. The Balaban J connectivity index is 1.80. The average Bonchev–Trinajstić information content (AvgIpc) is 3.07. The number of thioether (sulfide) groups is 1. The number of hydrogen-bond donors (Lipinski definition) is 1. The molecule has 0 spiro atoms. The first kappa shape index (κ1) is 18.8. The summed E-state index contributed by atoms with van der Waals surface area (Å²) in [6.45, 7) is -0.241. The molecule has 2 aromatic rings. The molecule has 0 radical (unpaired) electrons. The van der Waals surface area contributed by atoms with E-state index in [4.69, 9.17) is 4.74 Å². The number of benzene rings is 2. The number of ether oxygens (including phenoxy) is 2. The van der Waals surface area contributed by atoms with Crippen molar-refractivity contribution < 1.29 is 23.9 Å². The topological polar surface area (TPSA) is 84.9 Å². The number of hydrogen-bond acceptors (Lipinski definition) is 6. The van der Waals surface area contributed by atoms with Crippen LogP contribution in [0.15, 0.2) is 54.6 Å². The number of carbonyl (C=O) groups excluding carboxylic acids is 3. The highest BCUT2D eigenvalue weighted by Gasteiger charge is 2.36. The van der Waals surface area contributed by atoms with Gasteiger partial charge in [0.05, 0.1) is 12.9 Å². The van der Waals surface area contributed by atoms with Crippen molar-refractivity contribution in [2.24, 2.45) is 0 Å². The predicted octanol–water partition coefficient (Wildman–Crippen LogP) is 2.16. The third-order valence-electron chi connectivity index (χ3n) is 3.88. The maximum Gasteiger partial charge on any atom is 0.343 e. The summed E-state index contributed by atoms with van der Waals surface area (Å²) >= 11 is 1.37. The number of rotatable bonds is 6. The highest BCUT2D eigenvalue weighted by Crippen LogP contribution is 2.41. The highest BCUT2D eigenvalue weighted by molar-refractivity contribution is 8.00. The summed E-state index contributed by atoms with van der Waals surface area (Å²) in [5, 5.41) is 0.847. The van der Waals surface area contributed by atoms with E-state index in [9.17, 15) is 14.4 Å². The van der Waals surface area contributed by atoms with Crippen LogP contribution in [0.1, 0.15) is 21.3 Å². The standard InChI is InChI=1S/C19H18N2O5S/c1-25-17(23)11-26-15-10-6-5-9-14(15)19-21(16(22)12-27-19)20-18(24)13-7-3-2-4-8-13/h2-10,19H,11-12H2,1H3,(H,20,24). The molecule has 1 heterocycles. The molecule has 1 unspecified atom stereocenters. The molecular weight excluding hydrogens is 368 g/mol. The Bertz CT molecular complexity index is 843. The minimum absolute atomic E-state index is 0.211. The second-order valence-electron chi connectivity index (χ2n) is 5.64. The lowest BCUT2D eigenvalue weighted by atomic mass is 10.2. The lowest BCUT2D eigenvalue weighted by Gasteiger charge is -2.26. The first-order valence-electron chi connectivity index (χ1n) is 8.18. The van der Waals surface area contributed by atoms with Crippen molar-refractivity contribution in [2.45, 2.75) is 5.37 Å². The monoisotopic (exact) mass is 386 g/mol. The number of nitrogens with one attached hydrogen (secondary N) is 1. The van der Waals surface area contributed by atoms with Gasteiger partial charge in [-0.3, -0.25) is 15.0 Å². The van der Waals surface area contributed by atoms with Crippen molar-refractivity contribution in [2.75, 3.05) is 19.5 Å². The zero-order valence-corrected chi connectivity index (χ0v) is 15.4. The molecule has 1 aliphatic heterocycles. The molecule has 1 N–H and O–H groups in total. The first-order valence-corrected chi connectivity index (χ1v) is 9.23. The number of hydrazine groups is 1. The SMILES string of the molecule is COC(=O)COc1ccccc1C1SCC(=O)N1NC(=O)c1ccccc1. The Labute approximate surface area is 160 Å². The van der Waals surface area contributed by atoms with Crippen LogP contribution in [-0.4, -0.2) is 42.3 Å². The van der Waals surface area contributed by atoms with E-state index < -0.39 is 11.3 Å². The first-order chi connectivity index (χ1) is 13.1. The summed E-state index contributed by atoms with van der Waals surface area (Å²) in [4.78, 5) is 36.1. The van der Waals surface area contributed by atoms with Gasteiger partial charge in [-0.05, 0) is 18.2 Å². The second-order valence-corrected chi connectivity index (χ2v) is 6.71. The van der Waals surface area contributed by atoms with Crippen molar-refractivity contribution in [3.8, 4) is 5.75 Å². The molecular formula is C19H18N2O5S. The van der Waals surface area contributed by atoms with E-state index in [1.54, 1.807) is 48.5 Å². The molecule has 1 saturated heterocycles. The van der Waals surface area contributed by atoms with Crippen LogP contribution >= 0.6 is 11.8 Å². The minimum atomic E-state index is -0.505. The molecule has 0 aliphatic carbocycles. The number of methoxy groups -OCH3 is 1. The molecule has 2 aromatic carbocycles. The molecule has 0 aromatic heterocycles. The van der Waals surface area contributed by atoms with E-state index in [0.717, 1.165) is 0 Å². The van der Waals surface area contributed by atoms with Gasteiger partial charge in [-0.1, -0.05) is 36.4 Å². The molecule has 0 saturated carbocycles. The fraction of sp³-hybridized carbons (Fsp3) is 0.211. The van der Waals surface area contributed by atoms with Gasteiger partial charge in [0.25, 0.3) is 11.8 Å². The van der Waals surface area contributed by atoms with Gasteiger partial charge >= 0.3 is 5.97 Å². The maximum absolute atomic E-state index is 12.5. The number of para-hydroxylation sites is 1. The van der Waals surface area contributed by atoms with Crippen molar-refractivity contribution in [3.63, 3.8) is 0 Å². The Morgan fingerprint density at radius 3 is 2.59 bits per heavy atom. The summed E-state index contributed by atoms with van der Waals surface area (Å²) < 4.78 is 10.1. The largest absolute Gasteiger partial charge is 0.482 e. The van der Waals surface area contributed by atoms with E-state index >= 15 is 0 Å². The van der Waals surface area contributed by atoms with Gasteiger partial charge in [0, 0.05) is 11.1 Å². The van der Waals surface area contributed by atoms with Crippen LogP contribution in [0.3, 0.4) is 0 Å². The molecule has 140 valence electrons. The lowest BCUT2D eigenvalue weighted by molar-refractivity contribution is -0.143. The van der Waals surface area contributed by atoms with Crippen LogP contribution in [0.25, 0.3) is 0 Å². The van der Waals surface area contributed by atoms with E-state index in [0.29, 0.717) is 16.9 Å². The fourth-order valence-electron chi connectivity index (χ4n) is 2.55. The third-order valence-corrected chi connectivity index (χ3v) is 5.08. The van der Waals surface area contributed by atoms with Gasteiger partial charge in [-0.2, -0.15) is 0 Å². The summed E-state index contributed by atoms with van der Waals surface area (Å²) in [5.41, 5.74) is 3.81. The average molecular weight is 386 g/mol. The van der Waals surface area contributed by atoms with Crippen LogP contribution < -0.4 is 10.2 Å². The molecule has 1 atom stereocenters. The highest BCUT2D eigenvalue weighted by atomic mass is 32.2. The quantitative estimate of drug-likeness (QED) is 0.766. The molecule has 8 heteroatoms. The van der Waals surface area contributed by atoms with Crippen LogP contribution in [0.4, 0.5) is 0 Å². The summed E-state index contributed by atoms with van der Waals surface area (Å²) in [6.07, 6.45) is 0. The third kappa shape index (κ3) is 4.40. The van der Waals surface area contributed by atoms with E-state index in [2.05, 4.69) is 10.2 Å². The molecule has 7 nitrogen and oxygen atoms in total. The minimum Gasteiger partial charge on any atom is -0.482 e. The van der Waals surface area contributed by atoms with Crippen LogP contribution in [0.2, 0.25) is 0 Å². The summed E-state index contributed by atoms with van der Waals surface area (Å²) in [5.74, 6) is -0.407. The van der Waals surface area contributed by atoms with Gasteiger partial charge in [0.1, 0.15) is 11.1 Å². The predicted molar refractivity (Wildman–Crippen MR) is 99.9 cm³/mol. The van der Waals surface area contributed by atoms with Crippen molar-refractivity contribution in [3.05, 3.63) is 65.7 Å². The zero-order valence-electron chi connectivity index (χ0n) is 14.6. The molecule has 2 amide bonds. The second kappa shape index (κ2) is 8.59. The number of nitrogens with zero attached hydrogens (tertiary/aromatic N) is 1. The van der Waals surface area contributed by atoms with Gasteiger partial charge in [0.2, 0.25) is 0 Å². The van der Waals surface area contributed by atoms with Crippen LogP contribution in [0, 0.1) is 0 Å². The van der Waals surface area contributed by atoms with Gasteiger partial charge in [-0.15, -0.1) is 11.8 Å². The Morgan fingerprint density at radius 2 is 1.85 bits per heavy atom. The summed E-state index contributed by atoms with van der Waals surface area (Å²) in [6, 6.07) is 15.7. The molecule has 3 rings (SSSR count). The molecule has 27 heavy (non-hydrogen) atoms. The van der Waals surface area contributed by atoms with Gasteiger partial charge in [0.15, 0.2) is 6.61 Å². The lowest BCUT2D eigenvalue weighted by Crippen LogP contribution is -2.44. The molecule has 0 bridgehead atoms. The number of carbonyl (C=O) groups is 3. The van der Waals surface area contributed by atoms with E-state index in [-0.39, 0.29) is 24.2 Å². The molecule has 1 aliphatic rings. The van der Waals surface area contributed by atoms with Gasteiger partial charge < -0.3 is 9.47 Å².